The normalized spacial score (nSPS) is 13.0. The molecule has 0 bridgehead atoms. The molecule has 0 saturated carbocycles. The second-order valence-electron chi connectivity index (χ2n) is 5.74. The van der Waals surface area contributed by atoms with Crippen molar-refractivity contribution in [1.82, 2.24) is 9.97 Å². The minimum atomic E-state index is -4.95. The molecule has 1 aromatic heterocycles. The van der Waals surface area contributed by atoms with Gasteiger partial charge >= 0.3 is 6.18 Å². The molecule has 1 amide bonds. The summed E-state index contributed by atoms with van der Waals surface area (Å²) in [5.41, 5.74) is 3.97. The first-order valence-electron chi connectivity index (χ1n) is 8.16. The summed E-state index contributed by atoms with van der Waals surface area (Å²) < 4.78 is 76.8. The van der Waals surface area contributed by atoms with Crippen molar-refractivity contribution >= 4 is 17.6 Å². The van der Waals surface area contributed by atoms with E-state index in [1.54, 1.807) is 0 Å². The van der Waals surface area contributed by atoms with Crippen molar-refractivity contribution in [2.24, 2.45) is 10.7 Å². The van der Waals surface area contributed by atoms with Crippen LogP contribution in [0.3, 0.4) is 0 Å². The average Bonchev–Trinajstić information content (AvgIpc) is 2.70. The van der Waals surface area contributed by atoms with Crippen LogP contribution in [0.2, 0.25) is 0 Å². The summed E-state index contributed by atoms with van der Waals surface area (Å²) in [6.07, 6.45) is -6.44. The predicted octanol–water partition coefficient (Wildman–Crippen LogP) is 2.45. The number of alkyl halides is 3. The number of amides is 1. The van der Waals surface area contributed by atoms with Crippen LogP contribution in [0.15, 0.2) is 29.5 Å². The van der Waals surface area contributed by atoms with Crippen LogP contribution in [0, 0.1) is 11.6 Å². The molecule has 0 aliphatic heterocycles. The van der Waals surface area contributed by atoms with Crippen LogP contribution in [0.4, 0.5) is 27.6 Å². The summed E-state index contributed by atoms with van der Waals surface area (Å²) in [7, 11) is 2.44. The Labute approximate surface area is 166 Å². The molecule has 0 aliphatic carbocycles. The Morgan fingerprint density at radius 3 is 2.50 bits per heavy atom. The van der Waals surface area contributed by atoms with E-state index in [0.717, 1.165) is 25.5 Å². The lowest BCUT2D eigenvalue weighted by Crippen LogP contribution is -2.38. The highest BCUT2D eigenvalue weighted by molar-refractivity contribution is 6.02. The number of aromatic nitrogens is 2. The van der Waals surface area contributed by atoms with Crippen molar-refractivity contribution in [2.75, 3.05) is 19.5 Å². The molecule has 3 N–H and O–H groups in total. The summed E-state index contributed by atoms with van der Waals surface area (Å²) in [5.74, 6) is -3.72. The predicted molar refractivity (Wildman–Crippen MR) is 95.1 cm³/mol. The second kappa shape index (κ2) is 9.33. The fourth-order valence-electron chi connectivity index (χ4n) is 2.22. The number of amidine groups is 1. The average molecular weight is 433 g/mol. The van der Waals surface area contributed by atoms with Crippen molar-refractivity contribution in [1.29, 1.82) is 0 Å². The number of carbonyl (C=O) groups excluding carboxylic acids is 1. The number of hydrogen-bond acceptors (Lipinski definition) is 6. The molecule has 0 unspecified atom stereocenters. The van der Waals surface area contributed by atoms with Crippen LogP contribution in [-0.2, 0) is 11.2 Å². The largest absolute Gasteiger partial charge is 0.480 e. The minimum absolute atomic E-state index is 0.134. The number of ether oxygens (including phenoxy) is 2. The first-order valence-corrected chi connectivity index (χ1v) is 8.16. The molecule has 8 nitrogen and oxygen atoms in total. The van der Waals surface area contributed by atoms with Gasteiger partial charge in [-0.15, -0.1) is 0 Å². The van der Waals surface area contributed by atoms with Gasteiger partial charge in [-0.25, -0.2) is 23.7 Å². The van der Waals surface area contributed by atoms with Gasteiger partial charge in [0.15, 0.2) is 11.6 Å². The standard InChI is InChI=1S/C17H16F5N5O3/c1-24-16(23)30-12(17(20,21)22)4-8-3-9(5-10(18)14(8)19)27-15(28)11-6-26-13(29-2)7-25-11/h3,5-7,12H,4H2,1-2H3,(H2,23,24)(H,27,28)/t12-/m0/s1. The van der Waals surface area contributed by atoms with E-state index < -0.39 is 47.8 Å². The maximum absolute atomic E-state index is 14.1. The smallest absolute Gasteiger partial charge is 0.425 e. The third-order valence-corrected chi connectivity index (χ3v) is 3.69. The molecular weight excluding hydrogens is 417 g/mol. The van der Waals surface area contributed by atoms with Gasteiger partial charge in [0.1, 0.15) is 5.69 Å². The lowest BCUT2D eigenvalue weighted by molar-refractivity contribution is -0.198. The van der Waals surface area contributed by atoms with Gasteiger partial charge in [-0.2, -0.15) is 13.2 Å². The highest BCUT2D eigenvalue weighted by Gasteiger charge is 2.43. The lowest BCUT2D eigenvalue weighted by atomic mass is 10.1. The van der Waals surface area contributed by atoms with E-state index in [9.17, 15) is 26.7 Å². The van der Waals surface area contributed by atoms with Gasteiger partial charge in [0.2, 0.25) is 12.0 Å². The van der Waals surface area contributed by atoms with Crippen LogP contribution in [0.25, 0.3) is 0 Å². The van der Waals surface area contributed by atoms with E-state index in [0.29, 0.717) is 6.07 Å². The first kappa shape index (κ1) is 22.8. The number of rotatable bonds is 6. The Bertz CT molecular complexity index is 935. The number of benzene rings is 1. The van der Waals surface area contributed by atoms with Crippen LogP contribution in [-0.4, -0.2) is 48.3 Å². The zero-order valence-corrected chi connectivity index (χ0v) is 15.6. The maximum atomic E-state index is 14.1. The van der Waals surface area contributed by atoms with Crippen LogP contribution >= 0.6 is 0 Å². The van der Waals surface area contributed by atoms with E-state index in [4.69, 9.17) is 10.5 Å². The molecule has 162 valence electrons. The third-order valence-electron chi connectivity index (χ3n) is 3.69. The SMILES string of the molecule is C/N=C(/N)O[C@@H](Cc1cc(NC(=O)c2cnc(OC)cn2)cc(F)c1F)C(F)(F)F. The Balaban J connectivity index is 2.28. The summed E-state index contributed by atoms with van der Waals surface area (Å²) >= 11 is 0. The quantitative estimate of drug-likeness (QED) is 0.411. The van der Waals surface area contributed by atoms with Gasteiger partial charge in [0.05, 0.1) is 19.5 Å². The number of hydrogen-bond donors (Lipinski definition) is 2. The Kier molecular flexibility index (Phi) is 7.08. The molecular formula is C17H16F5N5O3. The number of methoxy groups -OCH3 is 1. The molecule has 0 saturated heterocycles. The zero-order chi connectivity index (χ0) is 22.5. The Hall–Kier alpha value is -3.51. The molecule has 13 heteroatoms. The highest BCUT2D eigenvalue weighted by atomic mass is 19.4. The van der Waals surface area contributed by atoms with Crippen molar-refractivity contribution < 1.29 is 36.2 Å². The maximum Gasteiger partial charge on any atom is 0.425 e. The van der Waals surface area contributed by atoms with Crippen LogP contribution in [0.5, 0.6) is 5.88 Å². The number of nitrogens with two attached hydrogens (primary N) is 1. The molecule has 2 aromatic rings. The number of anilines is 1. The molecule has 1 heterocycles. The monoisotopic (exact) mass is 433 g/mol. The second-order valence-corrected chi connectivity index (χ2v) is 5.74. The first-order chi connectivity index (χ1) is 14.0. The highest BCUT2D eigenvalue weighted by Crippen LogP contribution is 2.29. The molecule has 0 aliphatic rings. The van der Waals surface area contributed by atoms with Crippen LogP contribution < -0.4 is 15.8 Å². The molecule has 0 fully saturated rings. The number of nitrogens with one attached hydrogen (secondary N) is 1. The summed E-state index contributed by atoms with van der Waals surface area (Å²) in [4.78, 5) is 23.0. The third kappa shape index (κ3) is 5.75. The molecule has 0 spiro atoms. The zero-order valence-electron chi connectivity index (χ0n) is 15.6. The molecule has 1 aromatic carbocycles. The topological polar surface area (TPSA) is 112 Å². The van der Waals surface area contributed by atoms with Gasteiger partial charge in [-0.3, -0.25) is 4.79 Å². The molecule has 30 heavy (non-hydrogen) atoms. The van der Waals surface area contributed by atoms with Gasteiger partial charge in [-0.05, 0) is 11.6 Å². The van der Waals surface area contributed by atoms with E-state index in [-0.39, 0.29) is 17.3 Å². The number of carbonyl (C=O) groups is 1. The minimum Gasteiger partial charge on any atom is -0.480 e. The van der Waals surface area contributed by atoms with Gasteiger partial charge < -0.3 is 20.5 Å². The van der Waals surface area contributed by atoms with E-state index in [2.05, 4.69) is 25.0 Å². The number of aliphatic imine (C=N–C) groups is 1. The molecule has 2 rings (SSSR count). The fourth-order valence-corrected chi connectivity index (χ4v) is 2.22. The number of nitrogens with zero attached hydrogens (tertiary/aromatic N) is 3. The Morgan fingerprint density at radius 2 is 1.97 bits per heavy atom. The van der Waals surface area contributed by atoms with Crippen molar-refractivity contribution in [3.05, 3.63) is 47.4 Å². The molecule has 0 radical (unpaired) electrons. The van der Waals surface area contributed by atoms with E-state index in [1.165, 1.54) is 7.11 Å². The van der Waals surface area contributed by atoms with Gasteiger partial charge in [-0.1, -0.05) is 0 Å². The number of halogens is 5. The van der Waals surface area contributed by atoms with Crippen LogP contribution in [0.1, 0.15) is 16.1 Å². The van der Waals surface area contributed by atoms with Gasteiger partial charge in [0, 0.05) is 25.2 Å². The van der Waals surface area contributed by atoms with Crippen molar-refractivity contribution in [3.8, 4) is 5.88 Å². The summed E-state index contributed by atoms with van der Waals surface area (Å²) in [6, 6.07) is 0.675. The Morgan fingerprint density at radius 1 is 1.27 bits per heavy atom. The summed E-state index contributed by atoms with van der Waals surface area (Å²) in [5, 5.41) is 2.21. The van der Waals surface area contributed by atoms with Gasteiger partial charge in [0.25, 0.3) is 11.9 Å². The lowest BCUT2D eigenvalue weighted by Gasteiger charge is -2.21. The molecule has 1 atom stereocenters. The van der Waals surface area contributed by atoms with E-state index >= 15 is 0 Å². The summed E-state index contributed by atoms with van der Waals surface area (Å²) in [6.45, 7) is 0. The van der Waals surface area contributed by atoms with Crippen molar-refractivity contribution in [2.45, 2.75) is 18.7 Å². The van der Waals surface area contributed by atoms with Crippen molar-refractivity contribution in [3.63, 3.8) is 0 Å². The fraction of sp³-hybridized carbons (Fsp3) is 0.294. The van der Waals surface area contributed by atoms with E-state index in [1.807, 2.05) is 0 Å².